The Labute approximate surface area is 179 Å². The zero-order chi connectivity index (χ0) is 23.2. The van der Waals surface area contributed by atoms with E-state index in [0.717, 1.165) is 26.0 Å². The lowest BCUT2D eigenvalue weighted by atomic mass is 9.65. The van der Waals surface area contributed by atoms with Gasteiger partial charge in [-0.05, 0) is 11.6 Å². The van der Waals surface area contributed by atoms with E-state index in [0.29, 0.717) is 5.56 Å². The van der Waals surface area contributed by atoms with Crippen LogP contribution in [0.15, 0.2) is 66.2 Å². The van der Waals surface area contributed by atoms with E-state index in [1.807, 2.05) is 0 Å². The molecule has 3 rings (SSSR count). The summed E-state index contributed by atoms with van der Waals surface area (Å²) in [6.45, 7) is 0. The summed E-state index contributed by atoms with van der Waals surface area (Å²) in [6, 6.07) is 12.4. The van der Waals surface area contributed by atoms with Crippen molar-refractivity contribution in [1.29, 1.82) is 0 Å². The molecule has 0 aromatic heterocycles. The van der Waals surface area contributed by atoms with E-state index in [4.69, 9.17) is 14.7 Å². The van der Waals surface area contributed by atoms with Gasteiger partial charge in [0.25, 0.3) is 0 Å². The number of alkyl halides is 3. The highest BCUT2D eigenvalue weighted by Gasteiger charge is 2.53. The quantitative estimate of drug-likeness (QED) is 0.496. The predicted molar refractivity (Wildman–Crippen MR) is 114 cm³/mol. The van der Waals surface area contributed by atoms with Gasteiger partial charge >= 0.3 is 16.3 Å². The summed E-state index contributed by atoms with van der Waals surface area (Å²) < 4.78 is 75.1. The summed E-state index contributed by atoms with van der Waals surface area (Å²) in [6.07, 6.45) is -4.77. The van der Waals surface area contributed by atoms with Gasteiger partial charge in [0.15, 0.2) is 13.3 Å². The van der Waals surface area contributed by atoms with Gasteiger partial charge in [-0.2, -0.15) is 21.6 Å². The normalized spacial score (nSPS) is 19.9. The largest absolute Gasteiger partial charge is 0.467 e. The first-order valence-electron chi connectivity index (χ1n) is 9.11. The van der Waals surface area contributed by atoms with Gasteiger partial charge in [0.05, 0.1) is 10.1 Å². The van der Waals surface area contributed by atoms with Gasteiger partial charge in [-0.15, -0.1) is 0 Å². The zero-order valence-corrected chi connectivity index (χ0v) is 17.7. The van der Waals surface area contributed by atoms with E-state index in [2.05, 4.69) is 0 Å². The van der Waals surface area contributed by atoms with Crippen LogP contribution in [0.4, 0.5) is 13.2 Å². The Balaban J connectivity index is 2.00. The summed E-state index contributed by atoms with van der Waals surface area (Å²) in [7, 11) is -0.677. The molecule has 13 heteroatoms. The minimum absolute atomic E-state index is 0.380. The smallest absolute Gasteiger partial charge is 0.416 e. The lowest BCUT2D eigenvalue weighted by molar-refractivity contribution is -0.140. The third-order valence-corrected chi connectivity index (χ3v) is 7.08. The van der Waals surface area contributed by atoms with Gasteiger partial charge < -0.3 is 14.7 Å². The number of hydrogen-bond acceptors (Lipinski definition) is 6. The number of nitrogens with two attached hydrogens (primary N) is 1. The van der Waals surface area contributed by atoms with Crippen LogP contribution in [-0.2, 0) is 40.1 Å². The Morgan fingerprint density at radius 3 is 2.13 bits per heavy atom. The molecule has 0 amide bonds. The number of carbonyl (C=O) groups is 1. The van der Waals surface area contributed by atoms with E-state index >= 15 is 0 Å². The number of benzene rings is 2. The molecular weight excluding hydrogens is 432 g/mol. The summed E-state index contributed by atoms with van der Waals surface area (Å²) in [5.41, 5.74) is 2.26. The predicted octanol–water partition coefficient (Wildman–Crippen LogP) is -0.359. The van der Waals surface area contributed by atoms with Crippen molar-refractivity contribution in [2.24, 2.45) is 5.73 Å². The second-order valence-electron chi connectivity index (χ2n) is 7.61. The number of hydrogen-bond donors (Lipinski definition) is 1. The minimum Gasteiger partial charge on any atom is -0.467 e. The van der Waals surface area contributed by atoms with Crippen LogP contribution < -0.4 is 5.73 Å². The topological polar surface area (TPSA) is 95.7 Å². The fraction of sp³-hybridized carbons (Fsp3) is 0.167. The molecule has 2 aromatic carbocycles. The Bertz CT molecular complexity index is 1170. The van der Waals surface area contributed by atoms with Crippen molar-refractivity contribution < 1.29 is 35.3 Å². The fourth-order valence-electron chi connectivity index (χ4n) is 3.24. The maximum atomic E-state index is 13.5. The maximum Gasteiger partial charge on any atom is 0.416 e. The van der Waals surface area contributed by atoms with Crippen molar-refractivity contribution >= 4 is 39.4 Å². The molecule has 1 heterocycles. The van der Waals surface area contributed by atoms with Crippen molar-refractivity contribution in [3.05, 3.63) is 82.9 Å². The summed E-state index contributed by atoms with van der Waals surface area (Å²) in [5, 5.41) is 0. The number of carbonyl (C=O) groups excluding carboxylic acids is 1. The van der Waals surface area contributed by atoms with Gasteiger partial charge in [0.1, 0.15) is 15.7 Å². The third kappa shape index (κ3) is 3.82. The van der Waals surface area contributed by atoms with Crippen molar-refractivity contribution in [1.82, 2.24) is 0 Å². The highest BCUT2D eigenvalue weighted by Crippen LogP contribution is 2.43. The van der Waals surface area contributed by atoms with Crippen LogP contribution in [0, 0.1) is 0 Å². The molecule has 31 heavy (non-hydrogen) atoms. The van der Waals surface area contributed by atoms with Gasteiger partial charge in [-0.3, -0.25) is 4.79 Å². The maximum absolute atomic E-state index is 13.5. The number of rotatable bonds is 5. The molecule has 0 bridgehead atoms. The van der Waals surface area contributed by atoms with Crippen molar-refractivity contribution in [3.63, 3.8) is 0 Å². The average Bonchev–Trinajstić information content (AvgIpc) is 2.91. The van der Waals surface area contributed by atoms with Crippen LogP contribution >= 0.6 is 0 Å². The lowest BCUT2D eigenvalue weighted by Gasteiger charge is -2.27. The SMILES string of the molecule is BC(B)(c1ccccc1)S(=O)(=O)OC1=C(N)O[C@](B)(c2ccccc2C(F)(F)F)C1=O. The fourth-order valence-corrected chi connectivity index (χ4v) is 4.25. The molecule has 0 saturated heterocycles. The molecule has 1 aliphatic heterocycles. The molecule has 6 nitrogen and oxygen atoms in total. The van der Waals surface area contributed by atoms with Crippen LogP contribution in [0.2, 0.25) is 0 Å². The van der Waals surface area contributed by atoms with Crippen molar-refractivity contribution in [2.45, 2.75) is 16.2 Å². The number of Topliss-reactive ketones (excluding diaryl/α,β-unsaturated/α-hetero) is 1. The highest BCUT2D eigenvalue weighted by atomic mass is 32.2. The summed E-state index contributed by atoms with van der Waals surface area (Å²) in [4.78, 5) is 13.0. The van der Waals surface area contributed by atoms with Gasteiger partial charge in [-0.25, -0.2) is 0 Å². The van der Waals surface area contributed by atoms with E-state index in [9.17, 15) is 26.4 Å². The molecule has 0 saturated carbocycles. The molecule has 0 unspecified atom stereocenters. The molecule has 0 aliphatic carbocycles. The highest BCUT2D eigenvalue weighted by molar-refractivity contribution is 7.90. The minimum atomic E-state index is -4.77. The lowest BCUT2D eigenvalue weighted by Crippen LogP contribution is -2.41. The van der Waals surface area contributed by atoms with Crippen molar-refractivity contribution in [3.8, 4) is 0 Å². The molecule has 160 valence electrons. The average molecular weight is 449 g/mol. The third-order valence-electron chi connectivity index (χ3n) is 5.21. The molecule has 2 aromatic rings. The van der Waals surface area contributed by atoms with Crippen LogP contribution in [0.5, 0.6) is 0 Å². The van der Waals surface area contributed by atoms with E-state index in [1.165, 1.54) is 21.8 Å². The molecule has 0 spiro atoms. The van der Waals surface area contributed by atoms with Gasteiger partial charge in [-0.1, -0.05) is 48.5 Å². The Morgan fingerprint density at radius 2 is 1.55 bits per heavy atom. The molecule has 1 atom stereocenters. The van der Waals surface area contributed by atoms with E-state index in [-0.39, 0.29) is 0 Å². The Hall–Kier alpha value is -2.82. The Morgan fingerprint density at radius 1 is 1.00 bits per heavy atom. The molecule has 1 aliphatic rings. The number of ether oxygens (including phenoxy) is 1. The van der Waals surface area contributed by atoms with Crippen LogP contribution in [0.25, 0.3) is 0 Å². The second kappa shape index (κ2) is 7.40. The van der Waals surface area contributed by atoms with Crippen LogP contribution in [-0.4, -0.2) is 37.7 Å². The first-order chi connectivity index (χ1) is 14.2. The molecule has 0 fully saturated rings. The first kappa shape index (κ1) is 22.9. The van der Waals surface area contributed by atoms with E-state index in [1.54, 1.807) is 30.3 Å². The number of halogens is 3. The molecule has 2 N–H and O–H groups in total. The zero-order valence-electron chi connectivity index (χ0n) is 16.9. The van der Waals surface area contributed by atoms with Crippen LogP contribution in [0.3, 0.4) is 0 Å². The number of ketones is 1. The van der Waals surface area contributed by atoms with E-state index < -0.39 is 54.9 Å². The van der Waals surface area contributed by atoms with Gasteiger partial charge in [0.2, 0.25) is 17.4 Å². The monoisotopic (exact) mass is 449 g/mol. The van der Waals surface area contributed by atoms with Crippen molar-refractivity contribution in [2.75, 3.05) is 0 Å². The molecule has 0 radical (unpaired) electrons. The standard InChI is InChI=1S/C18H17B3F3NO5S/c19-16(11-8-4-5-9-12(11)18(22,23)24)14(26)13(15(25)29-16)30-31(27,28)17(20,21)10-6-2-1-3-7-10/h1-9H,19-21,25H2/t16-/m1/s1. The van der Waals surface area contributed by atoms with Gasteiger partial charge in [0, 0.05) is 5.56 Å². The second-order valence-corrected chi connectivity index (χ2v) is 9.71. The summed E-state index contributed by atoms with van der Waals surface area (Å²) in [5.74, 6) is -2.70. The molecular formula is C18H17B3F3NO5S. The Kier molecular flexibility index (Phi) is 5.46. The first-order valence-corrected chi connectivity index (χ1v) is 10.5. The van der Waals surface area contributed by atoms with Crippen LogP contribution in [0.1, 0.15) is 16.7 Å². The summed E-state index contributed by atoms with van der Waals surface area (Å²) >= 11 is 0.